The Morgan fingerprint density at radius 3 is 2.26 bits per heavy atom. The van der Waals surface area contributed by atoms with Crippen molar-refractivity contribution in [1.29, 1.82) is 0 Å². The number of hydrogen-bond donors (Lipinski definition) is 4. The molecule has 0 aliphatic rings. The van der Waals surface area contributed by atoms with E-state index in [1.807, 2.05) is 24.3 Å². The Morgan fingerprint density at radius 2 is 1.74 bits per heavy atom. The van der Waals surface area contributed by atoms with E-state index < -0.39 is 0 Å². The third-order valence-electron chi connectivity index (χ3n) is 3.83. The molecular formula is C19H20Cl2N4O2. The van der Waals surface area contributed by atoms with Crippen molar-refractivity contribution < 1.29 is 9.90 Å². The van der Waals surface area contributed by atoms with E-state index in [1.165, 1.54) is 6.20 Å². The van der Waals surface area contributed by atoms with Gasteiger partial charge in [0.05, 0.1) is 18.4 Å². The number of nitrogens with two attached hydrogens (primary N) is 1. The van der Waals surface area contributed by atoms with Crippen LogP contribution < -0.4 is 11.1 Å². The van der Waals surface area contributed by atoms with Crippen LogP contribution in [0.15, 0.2) is 67.1 Å². The highest BCUT2D eigenvalue weighted by atomic mass is 35.5. The third kappa shape index (κ3) is 5.34. The highest BCUT2D eigenvalue weighted by Gasteiger charge is 2.12. The van der Waals surface area contributed by atoms with E-state index in [2.05, 4.69) is 15.5 Å². The fourth-order valence-corrected chi connectivity index (χ4v) is 2.45. The van der Waals surface area contributed by atoms with Gasteiger partial charge >= 0.3 is 0 Å². The van der Waals surface area contributed by atoms with Crippen molar-refractivity contribution in [2.24, 2.45) is 5.73 Å². The van der Waals surface area contributed by atoms with Crippen LogP contribution in [0.3, 0.4) is 0 Å². The van der Waals surface area contributed by atoms with Gasteiger partial charge < -0.3 is 16.2 Å². The molecule has 6 nitrogen and oxygen atoms in total. The number of rotatable bonds is 5. The summed E-state index contributed by atoms with van der Waals surface area (Å²) in [5.74, 6) is -0.296. The number of H-pyrrole nitrogens is 1. The lowest BCUT2D eigenvalue weighted by atomic mass is 10.0. The number of aliphatic hydroxyl groups is 1. The van der Waals surface area contributed by atoms with Crippen molar-refractivity contribution >= 4 is 42.0 Å². The standard InChI is InChI=1S/C19H18N4O2.2ClH/c20-9-18(15-3-1-13(12-24)2-4-15)19(25)23-17-7-5-14(6-8-17)16-10-21-22-11-16;;/h1-11,24H,12,20H2,(H,21,22)(H,23,25);2*1H. The van der Waals surface area contributed by atoms with Gasteiger partial charge in [-0.05, 0) is 28.8 Å². The van der Waals surface area contributed by atoms with Gasteiger partial charge in [0.2, 0.25) is 0 Å². The smallest absolute Gasteiger partial charge is 0.257 e. The molecule has 0 aliphatic heterocycles. The van der Waals surface area contributed by atoms with Crippen LogP contribution in [0.1, 0.15) is 11.1 Å². The molecule has 0 atom stereocenters. The minimum absolute atomic E-state index is 0. The molecule has 0 spiro atoms. The lowest BCUT2D eigenvalue weighted by molar-refractivity contribution is -0.111. The summed E-state index contributed by atoms with van der Waals surface area (Å²) in [4.78, 5) is 12.5. The lowest BCUT2D eigenvalue weighted by Gasteiger charge is -2.10. The summed E-state index contributed by atoms with van der Waals surface area (Å²) in [5, 5.41) is 18.6. The molecule has 0 saturated carbocycles. The SMILES string of the molecule is Cl.Cl.NC=C(C(=O)Nc1ccc(-c2cn[nH]c2)cc1)c1ccc(CO)cc1. The lowest BCUT2D eigenvalue weighted by Crippen LogP contribution is -2.14. The van der Waals surface area contributed by atoms with Crippen molar-refractivity contribution in [2.45, 2.75) is 6.61 Å². The first-order valence-electron chi connectivity index (χ1n) is 7.74. The number of nitrogens with zero attached hydrogens (tertiary/aromatic N) is 1. The Balaban J connectivity index is 0.00000182. The maximum absolute atomic E-state index is 12.5. The quantitative estimate of drug-likeness (QED) is 0.487. The number of carbonyl (C=O) groups excluding carboxylic acids is 1. The first-order chi connectivity index (χ1) is 12.2. The predicted molar refractivity (Wildman–Crippen MR) is 112 cm³/mol. The molecule has 0 aliphatic carbocycles. The van der Waals surface area contributed by atoms with Crippen molar-refractivity contribution in [3.05, 3.63) is 78.3 Å². The number of carbonyl (C=O) groups is 1. The molecule has 0 radical (unpaired) electrons. The van der Waals surface area contributed by atoms with Crippen LogP contribution >= 0.6 is 24.8 Å². The fraction of sp³-hybridized carbons (Fsp3) is 0.0526. The minimum atomic E-state index is -0.296. The van der Waals surface area contributed by atoms with Gasteiger partial charge in [-0.2, -0.15) is 5.10 Å². The number of anilines is 1. The summed E-state index contributed by atoms with van der Waals surface area (Å²) < 4.78 is 0. The van der Waals surface area contributed by atoms with Gasteiger partial charge in [0.15, 0.2) is 0 Å². The maximum Gasteiger partial charge on any atom is 0.257 e. The number of halogens is 2. The first-order valence-corrected chi connectivity index (χ1v) is 7.74. The third-order valence-corrected chi connectivity index (χ3v) is 3.83. The first kappa shape index (κ1) is 22.2. The van der Waals surface area contributed by atoms with Crippen LogP contribution in [-0.2, 0) is 11.4 Å². The maximum atomic E-state index is 12.5. The van der Waals surface area contributed by atoms with E-state index in [1.54, 1.807) is 36.7 Å². The van der Waals surface area contributed by atoms with Crippen LogP contribution in [0.5, 0.6) is 0 Å². The Kier molecular flexibility index (Phi) is 8.55. The number of aromatic amines is 1. The molecule has 27 heavy (non-hydrogen) atoms. The summed E-state index contributed by atoms with van der Waals surface area (Å²) >= 11 is 0. The molecule has 8 heteroatoms. The summed E-state index contributed by atoms with van der Waals surface area (Å²) in [6.07, 6.45) is 4.82. The van der Waals surface area contributed by atoms with E-state index in [0.717, 1.165) is 16.7 Å². The molecule has 1 amide bonds. The molecule has 3 aromatic rings. The Morgan fingerprint density at radius 1 is 1.07 bits per heavy atom. The van der Waals surface area contributed by atoms with Crippen molar-refractivity contribution in [1.82, 2.24) is 10.2 Å². The second kappa shape index (κ2) is 10.4. The number of aromatic nitrogens is 2. The molecule has 0 unspecified atom stereocenters. The summed E-state index contributed by atoms with van der Waals surface area (Å²) in [7, 11) is 0. The number of hydrogen-bond acceptors (Lipinski definition) is 4. The molecule has 0 bridgehead atoms. The zero-order chi connectivity index (χ0) is 17.6. The zero-order valence-electron chi connectivity index (χ0n) is 14.3. The van der Waals surface area contributed by atoms with Crippen LogP contribution in [0, 0.1) is 0 Å². The number of nitrogens with one attached hydrogen (secondary N) is 2. The molecule has 1 heterocycles. The van der Waals surface area contributed by atoms with Crippen LogP contribution in [-0.4, -0.2) is 21.2 Å². The van der Waals surface area contributed by atoms with Gasteiger partial charge in [-0.25, -0.2) is 0 Å². The normalized spacial score (nSPS) is 10.5. The van der Waals surface area contributed by atoms with E-state index >= 15 is 0 Å². The average Bonchev–Trinajstić information content (AvgIpc) is 3.18. The topological polar surface area (TPSA) is 104 Å². The van der Waals surface area contributed by atoms with Crippen LogP contribution in [0.25, 0.3) is 16.7 Å². The zero-order valence-corrected chi connectivity index (χ0v) is 15.9. The van der Waals surface area contributed by atoms with E-state index in [4.69, 9.17) is 10.8 Å². The van der Waals surface area contributed by atoms with Gasteiger partial charge in [-0.1, -0.05) is 36.4 Å². The van der Waals surface area contributed by atoms with Gasteiger partial charge in [0.1, 0.15) is 0 Å². The molecule has 3 rings (SSSR count). The highest BCUT2D eigenvalue weighted by Crippen LogP contribution is 2.22. The molecular weight excluding hydrogens is 387 g/mol. The number of amides is 1. The molecule has 142 valence electrons. The largest absolute Gasteiger partial charge is 0.404 e. The molecule has 0 fully saturated rings. The van der Waals surface area contributed by atoms with Gasteiger partial charge in [-0.15, -0.1) is 24.8 Å². The number of aliphatic hydroxyl groups excluding tert-OH is 1. The average molecular weight is 407 g/mol. The van der Waals surface area contributed by atoms with Crippen LogP contribution in [0.4, 0.5) is 5.69 Å². The Bertz CT molecular complexity index is 877. The molecule has 0 saturated heterocycles. The van der Waals surface area contributed by atoms with Crippen molar-refractivity contribution in [3.63, 3.8) is 0 Å². The molecule has 5 N–H and O–H groups in total. The van der Waals surface area contributed by atoms with E-state index in [-0.39, 0.29) is 37.3 Å². The predicted octanol–water partition coefficient (Wildman–Crippen LogP) is 3.35. The summed E-state index contributed by atoms with van der Waals surface area (Å²) in [5.41, 5.74) is 10.1. The number of benzene rings is 2. The monoisotopic (exact) mass is 406 g/mol. The fourth-order valence-electron chi connectivity index (χ4n) is 2.45. The molecule has 1 aromatic heterocycles. The second-order valence-corrected chi connectivity index (χ2v) is 5.45. The summed E-state index contributed by atoms with van der Waals surface area (Å²) in [6.45, 7) is -0.0445. The van der Waals surface area contributed by atoms with Crippen molar-refractivity contribution in [2.75, 3.05) is 5.32 Å². The van der Waals surface area contributed by atoms with Gasteiger partial charge in [0.25, 0.3) is 5.91 Å². The van der Waals surface area contributed by atoms with E-state index in [9.17, 15) is 4.79 Å². The minimum Gasteiger partial charge on any atom is -0.404 e. The Hall–Kier alpha value is -2.80. The Labute approximate surface area is 169 Å². The van der Waals surface area contributed by atoms with Crippen LogP contribution in [0.2, 0.25) is 0 Å². The van der Waals surface area contributed by atoms with Crippen molar-refractivity contribution in [3.8, 4) is 11.1 Å². The van der Waals surface area contributed by atoms with Gasteiger partial charge in [0, 0.05) is 23.6 Å². The second-order valence-electron chi connectivity index (χ2n) is 5.45. The molecule has 2 aromatic carbocycles. The highest BCUT2D eigenvalue weighted by molar-refractivity contribution is 6.25. The van der Waals surface area contributed by atoms with E-state index in [0.29, 0.717) is 16.8 Å². The van der Waals surface area contributed by atoms with Gasteiger partial charge in [-0.3, -0.25) is 9.89 Å². The summed E-state index contributed by atoms with van der Waals surface area (Å²) in [6, 6.07) is 14.5.